The van der Waals surface area contributed by atoms with Crippen LogP contribution in [0.1, 0.15) is 5.56 Å². The summed E-state index contributed by atoms with van der Waals surface area (Å²) in [6, 6.07) is 6.83. The van der Waals surface area contributed by atoms with Crippen LogP contribution in [0, 0.1) is 0 Å². The third-order valence-corrected chi connectivity index (χ3v) is 5.53. The van der Waals surface area contributed by atoms with E-state index in [1.165, 1.54) is 42.7 Å². The van der Waals surface area contributed by atoms with Gasteiger partial charge >= 0.3 is 6.18 Å². The lowest BCUT2D eigenvalue weighted by Crippen LogP contribution is -2.38. The number of sulfonamides is 1. The van der Waals surface area contributed by atoms with Crippen LogP contribution < -0.4 is 4.74 Å². The number of hydrogen-bond acceptors (Lipinski definition) is 4. The largest absolute Gasteiger partial charge is 0.497 e. The topological polar surface area (TPSA) is 46.6 Å². The van der Waals surface area contributed by atoms with Crippen molar-refractivity contribution in [2.45, 2.75) is 17.6 Å². The van der Waals surface area contributed by atoms with Crippen molar-refractivity contribution in [3.05, 3.63) is 46.7 Å². The first-order valence-corrected chi connectivity index (χ1v) is 8.83. The van der Waals surface area contributed by atoms with Crippen LogP contribution in [-0.4, -0.2) is 32.6 Å². The molecule has 2 rings (SSSR count). The zero-order valence-corrected chi connectivity index (χ0v) is 13.7. The average Bonchev–Trinajstić information content (AvgIpc) is 2.98. The highest BCUT2D eigenvalue weighted by Gasteiger charge is 2.37. The monoisotopic (exact) mass is 365 g/mol. The number of halogens is 3. The lowest BCUT2D eigenvalue weighted by molar-refractivity contribution is -0.136. The van der Waals surface area contributed by atoms with Crippen LogP contribution in [0.15, 0.2) is 46.0 Å². The summed E-state index contributed by atoms with van der Waals surface area (Å²) in [5.41, 5.74) is 0.510. The van der Waals surface area contributed by atoms with Gasteiger partial charge in [0.05, 0.1) is 12.0 Å². The summed E-state index contributed by atoms with van der Waals surface area (Å²) in [5.74, 6) is 0.421. The summed E-state index contributed by atoms with van der Waals surface area (Å²) in [5, 5.41) is 3.30. The highest BCUT2D eigenvalue weighted by atomic mass is 32.2. The first kappa shape index (κ1) is 17.8. The molecule has 0 aliphatic rings. The molecule has 0 aliphatic carbocycles. The Hall–Kier alpha value is -1.58. The Morgan fingerprint density at radius 2 is 1.83 bits per heavy atom. The Morgan fingerprint density at radius 3 is 2.30 bits per heavy atom. The smallest absolute Gasteiger partial charge is 0.402 e. The van der Waals surface area contributed by atoms with E-state index in [2.05, 4.69) is 0 Å². The fraction of sp³-hybridized carbons (Fsp3) is 0.286. The Bertz CT molecular complexity index is 726. The second kappa shape index (κ2) is 6.90. The van der Waals surface area contributed by atoms with Gasteiger partial charge in [0.25, 0.3) is 0 Å². The molecule has 4 nitrogen and oxygen atoms in total. The van der Waals surface area contributed by atoms with Crippen molar-refractivity contribution in [3.63, 3.8) is 0 Å². The molecule has 0 amide bonds. The first-order chi connectivity index (χ1) is 10.7. The molecule has 9 heteroatoms. The van der Waals surface area contributed by atoms with Crippen molar-refractivity contribution < 1.29 is 26.3 Å². The van der Waals surface area contributed by atoms with E-state index in [0.717, 1.165) is 0 Å². The maximum atomic E-state index is 12.8. The molecule has 0 atom stereocenters. The predicted octanol–water partition coefficient (Wildman–Crippen LogP) is 3.51. The summed E-state index contributed by atoms with van der Waals surface area (Å²) >= 11 is 1.29. The Balaban J connectivity index is 2.34. The highest BCUT2D eigenvalue weighted by molar-refractivity contribution is 7.89. The van der Waals surface area contributed by atoms with E-state index in [1.807, 2.05) is 0 Å². The maximum absolute atomic E-state index is 12.8. The number of methoxy groups -OCH3 is 1. The van der Waals surface area contributed by atoms with Crippen molar-refractivity contribution in [1.29, 1.82) is 0 Å². The van der Waals surface area contributed by atoms with Crippen LogP contribution in [0.5, 0.6) is 5.75 Å². The summed E-state index contributed by atoms with van der Waals surface area (Å²) in [6.45, 7) is -1.88. The van der Waals surface area contributed by atoms with Gasteiger partial charge in [-0.25, -0.2) is 8.42 Å². The third-order valence-electron chi connectivity index (χ3n) is 2.99. The van der Waals surface area contributed by atoms with Crippen LogP contribution in [0.4, 0.5) is 13.2 Å². The second-order valence-corrected chi connectivity index (χ2v) is 7.41. The Morgan fingerprint density at radius 1 is 1.17 bits per heavy atom. The number of ether oxygens (including phenoxy) is 1. The van der Waals surface area contributed by atoms with Crippen molar-refractivity contribution in [2.24, 2.45) is 0 Å². The lowest BCUT2D eigenvalue weighted by atomic mass is 10.3. The number of rotatable bonds is 6. The van der Waals surface area contributed by atoms with Gasteiger partial charge in [-0.05, 0) is 46.7 Å². The Labute approximate surface area is 136 Å². The number of benzene rings is 1. The molecule has 0 unspecified atom stereocenters. The van der Waals surface area contributed by atoms with Crippen LogP contribution in [0.3, 0.4) is 0 Å². The van der Waals surface area contributed by atoms with Gasteiger partial charge in [0, 0.05) is 6.54 Å². The lowest BCUT2D eigenvalue weighted by Gasteiger charge is -2.23. The van der Waals surface area contributed by atoms with E-state index in [9.17, 15) is 21.6 Å². The number of nitrogens with zero attached hydrogens (tertiary/aromatic N) is 1. The molecule has 1 aromatic carbocycles. The van der Waals surface area contributed by atoms with E-state index in [1.54, 1.807) is 16.8 Å². The van der Waals surface area contributed by atoms with Gasteiger partial charge in [-0.15, -0.1) is 0 Å². The van der Waals surface area contributed by atoms with Crippen LogP contribution in [0.25, 0.3) is 0 Å². The first-order valence-electron chi connectivity index (χ1n) is 6.44. The quantitative estimate of drug-likeness (QED) is 0.787. The molecule has 0 bridgehead atoms. The van der Waals surface area contributed by atoms with Crippen molar-refractivity contribution in [3.8, 4) is 5.75 Å². The molecule has 1 heterocycles. The van der Waals surface area contributed by atoms with Crippen LogP contribution >= 0.6 is 11.3 Å². The molecule has 0 saturated heterocycles. The third kappa shape index (κ3) is 4.69. The molecule has 126 valence electrons. The maximum Gasteiger partial charge on any atom is 0.402 e. The number of hydrogen-bond donors (Lipinski definition) is 0. The Kier molecular flexibility index (Phi) is 5.33. The van der Waals surface area contributed by atoms with Crippen molar-refractivity contribution in [1.82, 2.24) is 4.31 Å². The van der Waals surface area contributed by atoms with Gasteiger partial charge in [0.1, 0.15) is 12.3 Å². The summed E-state index contributed by atoms with van der Waals surface area (Å²) in [7, 11) is -2.86. The minimum atomic E-state index is -4.63. The van der Waals surface area contributed by atoms with Crippen molar-refractivity contribution in [2.75, 3.05) is 13.7 Å². The molecule has 0 fully saturated rings. The van der Waals surface area contributed by atoms with E-state index < -0.39 is 22.7 Å². The molecule has 0 aliphatic heterocycles. The molecule has 0 radical (unpaired) electrons. The predicted molar refractivity (Wildman–Crippen MR) is 81.0 cm³/mol. The molecule has 1 aromatic heterocycles. The van der Waals surface area contributed by atoms with Crippen LogP contribution in [-0.2, 0) is 16.6 Å². The minimum absolute atomic E-state index is 0.210. The van der Waals surface area contributed by atoms with E-state index >= 15 is 0 Å². The average molecular weight is 365 g/mol. The molecule has 0 spiro atoms. The standard InChI is InChI=1S/C14H14F3NO3S2/c1-21-12-2-4-13(5-3-12)23(19,20)18(10-14(15,16)17)8-11-6-7-22-9-11/h2-7,9H,8,10H2,1H3. The van der Waals surface area contributed by atoms with Gasteiger partial charge in [-0.1, -0.05) is 0 Å². The molecule has 0 N–H and O–H groups in total. The summed E-state index contributed by atoms with van der Waals surface area (Å²) in [4.78, 5) is -0.210. The fourth-order valence-corrected chi connectivity index (χ4v) is 3.98. The van der Waals surface area contributed by atoms with Gasteiger partial charge in [0.2, 0.25) is 10.0 Å². The zero-order chi connectivity index (χ0) is 17.1. The minimum Gasteiger partial charge on any atom is -0.497 e. The van der Waals surface area contributed by atoms with Gasteiger partial charge in [-0.3, -0.25) is 0 Å². The SMILES string of the molecule is COc1ccc(S(=O)(=O)N(Cc2ccsc2)CC(F)(F)F)cc1. The van der Waals surface area contributed by atoms with Crippen LogP contribution in [0.2, 0.25) is 0 Å². The van der Waals surface area contributed by atoms with Gasteiger partial charge < -0.3 is 4.74 Å². The van der Waals surface area contributed by atoms with E-state index in [0.29, 0.717) is 15.6 Å². The highest BCUT2D eigenvalue weighted by Crippen LogP contribution is 2.26. The zero-order valence-electron chi connectivity index (χ0n) is 12.1. The number of thiophene rings is 1. The molecular weight excluding hydrogens is 351 g/mol. The molecule has 23 heavy (non-hydrogen) atoms. The van der Waals surface area contributed by atoms with Crippen molar-refractivity contribution >= 4 is 21.4 Å². The summed E-state index contributed by atoms with van der Waals surface area (Å²) in [6.07, 6.45) is -4.63. The normalized spacial score (nSPS) is 12.6. The van der Waals surface area contributed by atoms with Gasteiger partial charge in [0.15, 0.2) is 0 Å². The number of alkyl halides is 3. The fourth-order valence-electron chi connectivity index (χ4n) is 1.91. The van der Waals surface area contributed by atoms with E-state index in [4.69, 9.17) is 4.74 Å². The van der Waals surface area contributed by atoms with Gasteiger partial charge in [-0.2, -0.15) is 28.8 Å². The molecule has 2 aromatic rings. The molecule has 0 saturated carbocycles. The summed E-state index contributed by atoms with van der Waals surface area (Å²) < 4.78 is 68.7. The molecular formula is C14H14F3NO3S2. The second-order valence-electron chi connectivity index (χ2n) is 4.70. The van der Waals surface area contributed by atoms with E-state index in [-0.39, 0.29) is 11.4 Å².